The SMILES string of the molecule is CCCN1C(=O)C(=O)/C(=C(\O)c2cccc(Cl)c2)C1c1ccc(OC(C)=O)cc1. The number of carbonyl (C=O) groups excluding carboxylic acids is 3. The summed E-state index contributed by atoms with van der Waals surface area (Å²) in [6, 6.07) is 12.2. The van der Waals surface area contributed by atoms with Crippen molar-refractivity contribution < 1.29 is 24.2 Å². The molecule has 3 rings (SSSR count). The third-order valence-electron chi connectivity index (χ3n) is 4.56. The number of Topliss-reactive ketones (excluding diaryl/α,β-unsaturated/α-hetero) is 1. The molecule has 1 amide bonds. The summed E-state index contributed by atoms with van der Waals surface area (Å²) in [4.78, 5) is 38.0. The van der Waals surface area contributed by atoms with Crippen LogP contribution in [0.25, 0.3) is 5.76 Å². The lowest BCUT2D eigenvalue weighted by Gasteiger charge is -2.25. The first-order chi connectivity index (χ1) is 13.8. The van der Waals surface area contributed by atoms with E-state index in [1.807, 2.05) is 6.92 Å². The van der Waals surface area contributed by atoms with E-state index in [2.05, 4.69) is 0 Å². The first-order valence-electron chi connectivity index (χ1n) is 9.16. The Hall–Kier alpha value is -3.12. The van der Waals surface area contributed by atoms with Crippen LogP contribution in [-0.2, 0) is 14.4 Å². The lowest BCUT2D eigenvalue weighted by Crippen LogP contribution is -2.30. The zero-order valence-electron chi connectivity index (χ0n) is 16.0. The molecule has 0 aromatic heterocycles. The molecule has 0 saturated carbocycles. The van der Waals surface area contributed by atoms with Gasteiger partial charge in [0.2, 0.25) is 0 Å². The average Bonchev–Trinajstić information content (AvgIpc) is 2.93. The van der Waals surface area contributed by atoms with Gasteiger partial charge in [0, 0.05) is 24.1 Å². The summed E-state index contributed by atoms with van der Waals surface area (Å²) in [6.45, 7) is 3.56. The van der Waals surface area contributed by atoms with Crippen molar-refractivity contribution in [3.8, 4) is 5.75 Å². The van der Waals surface area contributed by atoms with E-state index >= 15 is 0 Å². The minimum atomic E-state index is -0.750. The monoisotopic (exact) mass is 413 g/mol. The van der Waals surface area contributed by atoms with Crippen LogP contribution >= 0.6 is 11.6 Å². The number of esters is 1. The molecular formula is C22H20ClNO5. The van der Waals surface area contributed by atoms with Gasteiger partial charge in [0.15, 0.2) is 0 Å². The molecule has 1 aliphatic rings. The molecule has 0 spiro atoms. The molecule has 29 heavy (non-hydrogen) atoms. The molecule has 1 N–H and O–H groups in total. The first-order valence-corrected chi connectivity index (χ1v) is 9.54. The van der Waals surface area contributed by atoms with Gasteiger partial charge in [0.1, 0.15) is 11.5 Å². The molecule has 2 aromatic carbocycles. The zero-order valence-corrected chi connectivity index (χ0v) is 16.8. The Balaban J connectivity index is 2.12. The Morgan fingerprint density at radius 2 is 1.86 bits per heavy atom. The molecular weight excluding hydrogens is 394 g/mol. The summed E-state index contributed by atoms with van der Waals surface area (Å²) in [5, 5.41) is 11.3. The summed E-state index contributed by atoms with van der Waals surface area (Å²) < 4.78 is 5.04. The van der Waals surface area contributed by atoms with Crippen LogP contribution in [0.15, 0.2) is 54.1 Å². The van der Waals surface area contributed by atoms with E-state index in [4.69, 9.17) is 16.3 Å². The van der Waals surface area contributed by atoms with Crippen molar-refractivity contribution in [3.05, 3.63) is 70.3 Å². The van der Waals surface area contributed by atoms with Gasteiger partial charge in [-0.05, 0) is 36.2 Å². The molecule has 1 fully saturated rings. The smallest absolute Gasteiger partial charge is 0.308 e. The van der Waals surface area contributed by atoms with Gasteiger partial charge in [-0.2, -0.15) is 0 Å². The topological polar surface area (TPSA) is 83.9 Å². The van der Waals surface area contributed by atoms with E-state index in [9.17, 15) is 19.5 Å². The molecule has 1 aliphatic heterocycles. The van der Waals surface area contributed by atoms with Gasteiger partial charge in [0.05, 0.1) is 11.6 Å². The molecule has 1 atom stereocenters. The van der Waals surface area contributed by atoms with Crippen molar-refractivity contribution in [3.63, 3.8) is 0 Å². The normalized spacial score (nSPS) is 18.2. The van der Waals surface area contributed by atoms with E-state index in [-0.39, 0.29) is 11.3 Å². The minimum absolute atomic E-state index is 0.00551. The standard InChI is InChI=1S/C22H20ClNO5/c1-3-11-24-19(14-7-9-17(10-8-14)29-13(2)25)18(21(27)22(24)28)20(26)15-5-4-6-16(23)12-15/h4-10,12,19,26H,3,11H2,1-2H3/b20-18-. The van der Waals surface area contributed by atoms with E-state index in [1.54, 1.807) is 42.5 Å². The van der Waals surface area contributed by atoms with Crippen molar-refractivity contribution in [1.82, 2.24) is 4.90 Å². The van der Waals surface area contributed by atoms with Gasteiger partial charge in [-0.15, -0.1) is 0 Å². The summed E-state index contributed by atoms with van der Waals surface area (Å²) in [6.07, 6.45) is 0.645. The number of hydrogen-bond donors (Lipinski definition) is 1. The predicted molar refractivity (Wildman–Crippen MR) is 109 cm³/mol. The van der Waals surface area contributed by atoms with Crippen molar-refractivity contribution in [1.29, 1.82) is 0 Å². The number of aliphatic hydroxyl groups is 1. The van der Waals surface area contributed by atoms with Gasteiger partial charge < -0.3 is 14.7 Å². The number of likely N-dealkylation sites (tertiary alicyclic amines) is 1. The number of halogens is 1. The van der Waals surface area contributed by atoms with E-state index < -0.39 is 23.7 Å². The molecule has 2 aromatic rings. The van der Waals surface area contributed by atoms with E-state index in [0.29, 0.717) is 34.9 Å². The van der Waals surface area contributed by atoms with Gasteiger partial charge in [0.25, 0.3) is 11.7 Å². The van der Waals surface area contributed by atoms with Crippen molar-refractivity contribution in [2.45, 2.75) is 26.3 Å². The quantitative estimate of drug-likeness (QED) is 0.262. The fourth-order valence-electron chi connectivity index (χ4n) is 3.37. The number of amides is 1. The highest BCUT2D eigenvalue weighted by Crippen LogP contribution is 2.40. The number of aliphatic hydroxyl groups excluding tert-OH is 1. The molecule has 0 bridgehead atoms. The van der Waals surface area contributed by atoms with Crippen molar-refractivity contribution >= 4 is 35.0 Å². The maximum Gasteiger partial charge on any atom is 0.308 e. The Labute approximate surface area is 173 Å². The highest BCUT2D eigenvalue weighted by atomic mass is 35.5. The van der Waals surface area contributed by atoms with Crippen molar-refractivity contribution in [2.24, 2.45) is 0 Å². The highest BCUT2D eigenvalue weighted by Gasteiger charge is 2.45. The van der Waals surface area contributed by atoms with Crippen LogP contribution in [0.3, 0.4) is 0 Å². The second kappa shape index (κ2) is 8.49. The molecule has 7 heteroatoms. The second-order valence-corrected chi connectivity index (χ2v) is 7.10. The molecule has 6 nitrogen and oxygen atoms in total. The van der Waals surface area contributed by atoms with Gasteiger partial charge in [-0.25, -0.2) is 0 Å². The lowest BCUT2D eigenvalue weighted by atomic mass is 9.95. The summed E-state index contributed by atoms with van der Waals surface area (Å²) in [5.41, 5.74) is 0.983. The molecule has 1 heterocycles. The van der Waals surface area contributed by atoms with Crippen LogP contribution < -0.4 is 4.74 Å². The van der Waals surface area contributed by atoms with E-state index in [0.717, 1.165) is 0 Å². The van der Waals surface area contributed by atoms with Crippen LogP contribution in [0.2, 0.25) is 5.02 Å². The number of carbonyl (C=O) groups is 3. The number of ketones is 1. The first kappa shape index (κ1) is 20.6. The summed E-state index contributed by atoms with van der Waals surface area (Å²) in [5.74, 6) is -1.78. The highest BCUT2D eigenvalue weighted by molar-refractivity contribution is 6.46. The summed E-state index contributed by atoms with van der Waals surface area (Å²) in [7, 11) is 0. The predicted octanol–water partition coefficient (Wildman–Crippen LogP) is 4.10. The number of benzene rings is 2. The number of hydrogen-bond acceptors (Lipinski definition) is 5. The Bertz CT molecular complexity index is 997. The van der Waals surface area contributed by atoms with Gasteiger partial charge in [-0.1, -0.05) is 42.8 Å². The fraction of sp³-hybridized carbons (Fsp3) is 0.227. The zero-order chi connectivity index (χ0) is 21.1. The Morgan fingerprint density at radius 3 is 2.45 bits per heavy atom. The number of nitrogens with zero attached hydrogens (tertiary/aromatic N) is 1. The fourth-order valence-corrected chi connectivity index (χ4v) is 3.56. The summed E-state index contributed by atoms with van der Waals surface area (Å²) >= 11 is 6.01. The lowest BCUT2D eigenvalue weighted by molar-refractivity contribution is -0.139. The van der Waals surface area contributed by atoms with E-state index in [1.165, 1.54) is 17.9 Å². The molecule has 0 aliphatic carbocycles. The van der Waals surface area contributed by atoms with Crippen LogP contribution in [-0.4, -0.2) is 34.2 Å². The van der Waals surface area contributed by atoms with Gasteiger partial charge >= 0.3 is 5.97 Å². The average molecular weight is 414 g/mol. The second-order valence-electron chi connectivity index (χ2n) is 6.67. The Morgan fingerprint density at radius 1 is 1.17 bits per heavy atom. The number of rotatable bonds is 5. The van der Waals surface area contributed by atoms with Crippen LogP contribution in [0.4, 0.5) is 0 Å². The molecule has 1 unspecified atom stereocenters. The van der Waals surface area contributed by atoms with Crippen LogP contribution in [0.5, 0.6) is 5.75 Å². The molecule has 150 valence electrons. The maximum absolute atomic E-state index is 12.8. The van der Waals surface area contributed by atoms with Crippen LogP contribution in [0, 0.1) is 0 Å². The van der Waals surface area contributed by atoms with Gasteiger partial charge in [-0.3, -0.25) is 14.4 Å². The Kier molecular flexibility index (Phi) is 6.03. The van der Waals surface area contributed by atoms with Crippen molar-refractivity contribution in [2.75, 3.05) is 6.54 Å². The molecule has 1 saturated heterocycles. The largest absolute Gasteiger partial charge is 0.507 e. The maximum atomic E-state index is 12.8. The third kappa shape index (κ3) is 4.17. The van der Waals surface area contributed by atoms with Crippen LogP contribution in [0.1, 0.15) is 37.4 Å². The number of ether oxygens (including phenoxy) is 1. The minimum Gasteiger partial charge on any atom is -0.507 e. The third-order valence-corrected chi connectivity index (χ3v) is 4.80. The molecule has 0 radical (unpaired) electrons.